The van der Waals surface area contributed by atoms with E-state index in [1.807, 2.05) is 24.3 Å². The molecule has 0 saturated carbocycles. The third kappa shape index (κ3) is 5.18. The Labute approximate surface area is 145 Å². The van der Waals surface area contributed by atoms with Crippen molar-refractivity contribution >= 4 is 17.5 Å². The van der Waals surface area contributed by atoms with Crippen molar-refractivity contribution in [3.63, 3.8) is 0 Å². The van der Waals surface area contributed by atoms with Crippen LogP contribution in [0.3, 0.4) is 0 Å². The average Bonchev–Trinajstić information content (AvgIpc) is 2.58. The first kappa shape index (κ1) is 17.6. The lowest BCUT2D eigenvalue weighted by atomic mass is 10.2. The molecule has 0 saturated heterocycles. The number of amides is 1. The summed E-state index contributed by atoms with van der Waals surface area (Å²) < 4.78 is 11.1. The Kier molecular flexibility index (Phi) is 6.47. The molecule has 0 bridgehead atoms. The van der Waals surface area contributed by atoms with Crippen LogP contribution in [0.1, 0.15) is 17.5 Å². The molecule has 0 fully saturated rings. The molecule has 1 amide bonds. The summed E-state index contributed by atoms with van der Waals surface area (Å²) in [5.74, 6) is 0.867. The van der Waals surface area contributed by atoms with E-state index in [1.54, 1.807) is 31.4 Å². The van der Waals surface area contributed by atoms with Crippen molar-refractivity contribution < 1.29 is 14.3 Å². The molecule has 0 spiro atoms. The molecule has 2 rings (SSSR count). The number of nitrogens with one attached hydrogen (secondary N) is 1. The van der Waals surface area contributed by atoms with Gasteiger partial charge in [-0.3, -0.25) is 4.79 Å². The van der Waals surface area contributed by atoms with Crippen molar-refractivity contribution in [3.05, 3.63) is 58.6 Å². The molecular weight excluding hydrogens is 328 g/mol. The smallest absolute Gasteiger partial charge is 0.234 e. The van der Waals surface area contributed by atoms with Crippen LogP contribution in [0.2, 0.25) is 5.02 Å². The van der Waals surface area contributed by atoms with E-state index >= 15 is 0 Å². The highest BCUT2D eigenvalue weighted by Crippen LogP contribution is 2.29. The number of hydrogen-bond donors (Lipinski definition) is 1. The Morgan fingerprint density at radius 3 is 2.75 bits per heavy atom. The van der Waals surface area contributed by atoms with E-state index in [0.29, 0.717) is 29.7 Å². The van der Waals surface area contributed by atoms with Gasteiger partial charge in [-0.15, -0.1) is 0 Å². The summed E-state index contributed by atoms with van der Waals surface area (Å²) in [5.41, 5.74) is 1.81. The van der Waals surface area contributed by atoms with Gasteiger partial charge in [0.2, 0.25) is 5.91 Å². The minimum Gasteiger partial charge on any atom is -0.493 e. The molecule has 1 N–H and O–H groups in total. The van der Waals surface area contributed by atoms with Crippen molar-refractivity contribution in [2.24, 2.45) is 0 Å². The minimum atomic E-state index is -0.308. The van der Waals surface area contributed by atoms with Gasteiger partial charge in [0.05, 0.1) is 13.2 Å². The number of rotatable bonds is 7. The van der Waals surface area contributed by atoms with Gasteiger partial charge >= 0.3 is 0 Å². The van der Waals surface area contributed by atoms with Crippen molar-refractivity contribution in [3.8, 4) is 17.6 Å². The van der Waals surface area contributed by atoms with E-state index < -0.39 is 0 Å². The summed E-state index contributed by atoms with van der Waals surface area (Å²) in [6, 6.07) is 14.7. The normalized spacial score (nSPS) is 9.88. The fourth-order valence-corrected chi connectivity index (χ4v) is 2.28. The molecule has 0 aliphatic rings. The predicted molar refractivity (Wildman–Crippen MR) is 90.9 cm³/mol. The van der Waals surface area contributed by atoms with E-state index in [9.17, 15) is 4.79 Å². The molecule has 6 heteroatoms. The summed E-state index contributed by atoms with van der Waals surface area (Å²) in [6.45, 7) is 0.695. The third-order valence-corrected chi connectivity index (χ3v) is 3.48. The molecule has 0 unspecified atom stereocenters. The van der Waals surface area contributed by atoms with Crippen LogP contribution in [0.5, 0.6) is 11.5 Å². The number of ether oxygens (including phenoxy) is 2. The van der Waals surface area contributed by atoms with E-state index in [2.05, 4.69) is 5.32 Å². The van der Waals surface area contributed by atoms with Gasteiger partial charge in [0.25, 0.3) is 0 Å². The number of hydrogen-bond acceptors (Lipinski definition) is 4. The fourth-order valence-electron chi connectivity index (χ4n) is 2.06. The number of methoxy groups -OCH3 is 1. The van der Waals surface area contributed by atoms with Crippen LogP contribution < -0.4 is 14.8 Å². The zero-order chi connectivity index (χ0) is 17.4. The second-order valence-corrected chi connectivity index (χ2v) is 5.45. The van der Waals surface area contributed by atoms with E-state index in [0.717, 1.165) is 11.1 Å². The molecule has 24 heavy (non-hydrogen) atoms. The van der Waals surface area contributed by atoms with E-state index in [4.69, 9.17) is 26.3 Å². The highest BCUT2D eigenvalue weighted by Gasteiger charge is 2.08. The maximum absolute atomic E-state index is 11.3. The Morgan fingerprint density at radius 1 is 1.21 bits per heavy atom. The second-order valence-electron chi connectivity index (χ2n) is 5.02. The summed E-state index contributed by atoms with van der Waals surface area (Å²) in [7, 11) is 1.56. The summed E-state index contributed by atoms with van der Waals surface area (Å²) >= 11 is 5.95. The molecule has 5 nitrogen and oxygen atoms in total. The molecular formula is C18H17ClN2O3. The van der Waals surface area contributed by atoms with Crippen LogP contribution >= 0.6 is 11.6 Å². The van der Waals surface area contributed by atoms with Gasteiger partial charge in [-0.05, 0) is 35.4 Å². The van der Waals surface area contributed by atoms with Gasteiger partial charge in [0.1, 0.15) is 13.0 Å². The van der Waals surface area contributed by atoms with Gasteiger partial charge in [-0.1, -0.05) is 29.8 Å². The Morgan fingerprint density at radius 2 is 2.04 bits per heavy atom. The van der Waals surface area contributed by atoms with Gasteiger partial charge in [0, 0.05) is 11.6 Å². The molecule has 0 atom stereocenters. The lowest BCUT2D eigenvalue weighted by Gasteiger charge is -2.13. The zero-order valence-corrected chi connectivity index (χ0v) is 14.0. The Hall–Kier alpha value is -2.71. The quantitative estimate of drug-likeness (QED) is 0.835. The average molecular weight is 345 g/mol. The summed E-state index contributed by atoms with van der Waals surface area (Å²) in [4.78, 5) is 11.3. The van der Waals surface area contributed by atoms with Crippen molar-refractivity contribution in [2.45, 2.75) is 19.6 Å². The van der Waals surface area contributed by atoms with Crippen molar-refractivity contribution in [1.82, 2.24) is 5.32 Å². The van der Waals surface area contributed by atoms with Crippen LogP contribution in [0, 0.1) is 11.3 Å². The number of nitriles is 1. The number of halogens is 1. The Balaban J connectivity index is 2.00. The molecule has 124 valence electrons. The number of nitrogens with zero attached hydrogens (tertiary/aromatic N) is 1. The van der Waals surface area contributed by atoms with Gasteiger partial charge in [-0.2, -0.15) is 5.26 Å². The first-order valence-corrected chi connectivity index (χ1v) is 7.68. The zero-order valence-electron chi connectivity index (χ0n) is 13.2. The summed E-state index contributed by atoms with van der Waals surface area (Å²) in [6.07, 6.45) is -0.155. The SMILES string of the molecule is COc1cc(CNC(=O)CC#N)ccc1OCc1cccc(Cl)c1. The fraction of sp³-hybridized carbons (Fsp3) is 0.222. The van der Waals surface area contributed by atoms with Gasteiger partial charge in [0.15, 0.2) is 11.5 Å². The maximum Gasteiger partial charge on any atom is 0.234 e. The molecule has 0 aliphatic carbocycles. The number of benzene rings is 2. The van der Waals surface area contributed by atoms with Crippen molar-refractivity contribution in [1.29, 1.82) is 5.26 Å². The lowest BCUT2D eigenvalue weighted by Crippen LogP contribution is -2.21. The van der Waals surface area contributed by atoms with Crippen molar-refractivity contribution in [2.75, 3.05) is 7.11 Å². The lowest BCUT2D eigenvalue weighted by molar-refractivity contribution is -0.120. The minimum absolute atomic E-state index is 0.155. The third-order valence-electron chi connectivity index (χ3n) is 3.24. The van der Waals surface area contributed by atoms with Gasteiger partial charge < -0.3 is 14.8 Å². The maximum atomic E-state index is 11.3. The second kappa shape index (κ2) is 8.80. The molecule has 0 aromatic heterocycles. The largest absolute Gasteiger partial charge is 0.493 e. The molecule has 0 heterocycles. The number of carbonyl (C=O) groups is 1. The molecule has 2 aromatic carbocycles. The highest BCUT2D eigenvalue weighted by atomic mass is 35.5. The van der Waals surface area contributed by atoms with Crippen LogP contribution in [0.25, 0.3) is 0 Å². The monoisotopic (exact) mass is 344 g/mol. The molecule has 2 aromatic rings. The standard InChI is InChI=1S/C18H17ClN2O3/c1-23-17-10-13(11-21-18(22)7-8-20)5-6-16(17)24-12-14-3-2-4-15(19)9-14/h2-6,9-10H,7,11-12H2,1H3,(H,21,22). The predicted octanol–water partition coefficient (Wildman–Crippen LogP) is 3.46. The van der Waals surface area contributed by atoms with Crippen LogP contribution in [-0.2, 0) is 17.9 Å². The van der Waals surface area contributed by atoms with Crippen LogP contribution in [-0.4, -0.2) is 13.0 Å². The van der Waals surface area contributed by atoms with E-state index in [-0.39, 0.29) is 12.3 Å². The molecule has 0 radical (unpaired) electrons. The topological polar surface area (TPSA) is 71.3 Å². The van der Waals surface area contributed by atoms with E-state index in [1.165, 1.54) is 0 Å². The first-order chi connectivity index (χ1) is 11.6. The van der Waals surface area contributed by atoms with Crippen LogP contribution in [0.4, 0.5) is 0 Å². The van der Waals surface area contributed by atoms with Crippen LogP contribution in [0.15, 0.2) is 42.5 Å². The first-order valence-electron chi connectivity index (χ1n) is 7.30. The molecule has 0 aliphatic heterocycles. The summed E-state index contributed by atoms with van der Waals surface area (Å²) in [5, 5.41) is 11.8. The van der Waals surface area contributed by atoms with Gasteiger partial charge in [-0.25, -0.2) is 0 Å². The Bertz CT molecular complexity index is 756. The number of carbonyl (C=O) groups excluding carboxylic acids is 1. The highest BCUT2D eigenvalue weighted by molar-refractivity contribution is 6.30.